The SMILES string of the molecule is CC(c1cnn(CC2CC2)c1)n1nc(-c2cncc(C#N)c2)c2c(N)ncnc21. The summed E-state index contributed by atoms with van der Waals surface area (Å²) >= 11 is 0. The van der Waals surface area contributed by atoms with Crippen molar-refractivity contribution >= 4 is 16.9 Å². The highest BCUT2D eigenvalue weighted by Crippen LogP contribution is 2.33. The molecule has 0 amide bonds. The van der Waals surface area contributed by atoms with Crippen molar-refractivity contribution in [2.24, 2.45) is 5.92 Å². The number of nitrogens with zero attached hydrogens (tertiary/aromatic N) is 8. The van der Waals surface area contributed by atoms with E-state index in [1.807, 2.05) is 15.6 Å². The van der Waals surface area contributed by atoms with E-state index in [1.165, 1.54) is 25.4 Å². The standard InChI is InChI=1S/C20H19N9/c1-12(16-8-26-28(10-16)9-13-2-3-13)29-20-17(19(22)24-11-25-20)18(27-29)15-4-14(5-21)6-23-7-15/h4,6-8,10-13H,2-3,9H2,1H3,(H2,22,24,25). The quantitative estimate of drug-likeness (QED) is 0.560. The van der Waals surface area contributed by atoms with Gasteiger partial charge in [-0.25, -0.2) is 14.6 Å². The van der Waals surface area contributed by atoms with Crippen LogP contribution in [0.3, 0.4) is 0 Å². The molecule has 2 N–H and O–H groups in total. The van der Waals surface area contributed by atoms with Crippen LogP contribution in [0.5, 0.6) is 0 Å². The number of aromatic nitrogens is 7. The molecule has 0 saturated heterocycles. The molecule has 1 aliphatic carbocycles. The number of anilines is 1. The number of nitriles is 1. The lowest BCUT2D eigenvalue weighted by Gasteiger charge is -2.10. The molecule has 1 fully saturated rings. The molecule has 4 heterocycles. The van der Waals surface area contributed by atoms with Crippen LogP contribution in [-0.2, 0) is 6.54 Å². The minimum atomic E-state index is -0.0967. The van der Waals surface area contributed by atoms with Gasteiger partial charge in [0.15, 0.2) is 5.65 Å². The summed E-state index contributed by atoms with van der Waals surface area (Å²) in [6.07, 6.45) is 11.1. The van der Waals surface area contributed by atoms with E-state index in [9.17, 15) is 5.26 Å². The van der Waals surface area contributed by atoms with E-state index in [4.69, 9.17) is 10.8 Å². The highest BCUT2D eigenvalue weighted by molar-refractivity contribution is 5.98. The van der Waals surface area contributed by atoms with Gasteiger partial charge in [0.25, 0.3) is 0 Å². The number of rotatable bonds is 5. The summed E-state index contributed by atoms with van der Waals surface area (Å²) in [5.74, 6) is 1.10. The largest absolute Gasteiger partial charge is 0.383 e. The third-order valence-corrected chi connectivity index (χ3v) is 5.30. The summed E-state index contributed by atoms with van der Waals surface area (Å²) in [6.45, 7) is 3.01. The van der Waals surface area contributed by atoms with Gasteiger partial charge < -0.3 is 5.73 Å². The van der Waals surface area contributed by atoms with Crippen molar-refractivity contribution in [3.8, 4) is 17.3 Å². The lowest BCUT2D eigenvalue weighted by Crippen LogP contribution is -2.09. The van der Waals surface area contributed by atoms with Crippen LogP contribution >= 0.6 is 0 Å². The number of nitrogens with two attached hydrogens (primary N) is 1. The first-order valence-corrected chi connectivity index (χ1v) is 9.50. The zero-order valence-electron chi connectivity index (χ0n) is 15.9. The molecule has 0 spiro atoms. The minimum Gasteiger partial charge on any atom is -0.383 e. The van der Waals surface area contributed by atoms with Gasteiger partial charge in [-0.2, -0.15) is 15.5 Å². The molecule has 1 aliphatic rings. The number of nitrogen functional groups attached to an aromatic ring is 1. The van der Waals surface area contributed by atoms with Crippen molar-refractivity contribution in [1.82, 2.24) is 34.5 Å². The van der Waals surface area contributed by atoms with E-state index in [0.29, 0.717) is 33.7 Å². The van der Waals surface area contributed by atoms with E-state index >= 15 is 0 Å². The van der Waals surface area contributed by atoms with Crippen LogP contribution in [0.15, 0.2) is 37.2 Å². The van der Waals surface area contributed by atoms with Gasteiger partial charge in [-0.15, -0.1) is 0 Å². The molecule has 0 bridgehead atoms. The van der Waals surface area contributed by atoms with Crippen LogP contribution in [-0.4, -0.2) is 34.5 Å². The Hall–Kier alpha value is -3.80. The average molecular weight is 385 g/mol. The summed E-state index contributed by atoms with van der Waals surface area (Å²) in [5, 5.41) is 19.2. The molecule has 1 saturated carbocycles. The van der Waals surface area contributed by atoms with Crippen molar-refractivity contribution in [2.75, 3.05) is 5.73 Å². The predicted molar refractivity (Wildman–Crippen MR) is 106 cm³/mol. The summed E-state index contributed by atoms with van der Waals surface area (Å²) < 4.78 is 3.83. The van der Waals surface area contributed by atoms with E-state index in [0.717, 1.165) is 18.0 Å². The molecular weight excluding hydrogens is 366 g/mol. The zero-order valence-corrected chi connectivity index (χ0v) is 15.9. The van der Waals surface area contributed by atoms with Gasteiger partial charge in [-0.1, -0.05) is 0 Å². The van der Waals surface area contributed by atoms with Crippen LogP contribution < -0.4 is 5.73 Å². The van der Waals surface area contributed by atoms with Crippen molar-refractivity contribution in [3.63, 3.8) is 0 Å². The van der Waals surface area contributed by atoms with E-state index in [1.54, 1.807) is 12.3 Å². The van der Waals surface area contributed by atoms with E-state index in [-0.39, 0.29) is 6.04 Å². The second kappa shape index (κ2) is 6.67. The molecule has 144 valence electrons. The Morgan fingerprint density at radius 1 is 1.28 bits per heavy atom. The van der Waals surface area contributed by atoms with Gasteiger partial charge in [-0.3, -0.25) is 9.67 Å². The molecule has 5 rings (SSSR count). The molecule has 1 unspecified atom stereocenters. The predicted octanol–water partition coefficient (Wildman–Crippen LogP) is 2.56. The Labute approximate surface area is 166 Å². The fraction of sp³-hybridized carbons (Fsp3) is 0.300. The molecule has 29 heavy (non-hydrogen) atoms. The second-order valence-electron chi connectivity index (χ2n) is 7.44. The van der Waals surface area contributed by atoms with E-state index in [2.05, 4.69) is 39.2 Å². The Morgan fingerprint density at radius 2 is 2.14 bits per heavy atom. The monoisotopic (exact) mass is 385 g/mol. The highest BCUT2D eigenvalue weighted by Gasteiger charge is 2.24. The average Bonchev–Trinajstić information content (AvgIpc) is 3.27. The topological polar surface area (TPSA) is 124 Å². The summed E-state index contributed by atoms with van der Waals surface area (Å²) in [5.41, 5.74) is 9.62. The summed E-state index contributed by atoms with van der Waals surface area (Å²) in [6, 6.07) is 3.75. The van der Waals surface area contributed by atoms with Gasteiger partial charge in [0.05, 0.1) is 23.2 Å². The highest BCUT2D eigenvalue weighted by atomic mass is 15.3. The van der Waals surface area contributed by atoms with Crippen molar-refractivity contribution in [3.05, 3.63) is 48.3 Å². The van der Waals surface area contributed by atoms with Gasteiger partial charge in [-0.05, 0) is 31.7 Å². The van der Waals surface area contributed by atoms with Gasteiger partial charge >= 0.3 is 0 Å². The summed E-state index contributed by atoms with van der Waals surface area (Å²) in [7, 11) is 0. The molecule has 0 radical (unpaired) electrons. The van der Waals surface area contributed by atoms with Crippen LogP contribution in [0.2, 0.25) is 0 Å². The maximum Gasteiger partial charge on any atom is 0.164 e. The smallest absolute Gasteiger partial charge is 0.164 e. The summed E-state index contributed by atoms with van der Waals surface area (Å²) in [4.78, 5) is 12.7. The molecule has 9 nitrogen and oxygen atoms in total. The van der Waals surface area contributed by atoms with Crippen molar-refractivity contribution < 1.29 is 0 Å². The number of fused-ring (bicyclic) bond motifs is 1. The van der Waals surface area contributed by atoms with Crippen LogP contribution in [0, 0.1) is 17.2 Å². The first-order valence-electron chi connectivity index (χ1n) is 9.50. The van der Waals surface area contributed by atoms with Crippen LogP contribution in [0.25, 0.3) is 22.3 Å². The van der Waals surface area contributed by atoms with Crippen molar-refractivity contribution in [1.29, 1.82) is 5.26 Å². The minimum absolute atomic E-state index is 0.0967. The normalized spacial score (nSPS) is 14.8. The first-order chi connectivity index (χ1) is 14.1. The van der Waals surface area contributed by atoms with Gasteiger partial charge in [0.2, 0.25) is 0 Å². The lowest BCUT2D eigenvalue weighted by atomic mass is 10.1. The third-order valence-electron chi connectivity index (χ3n) is 5.30. The second-order valence-corrected chi connectivity index (χ2v) is 7.44. The maximum atomic E-state index is 9.21. The van der Waals surface area contributed by atoms with Crippen molar-refractivity contribution in [2.45, 2.75) is 32.4 Å². The Morgan fingerprint density at radius 3 is 2.93 bits per heavy atom. The van der Waals surface area contributed by atoms with Crippen LogP contribution in [0.4, 0.5) is 5.82 Å². The molecule has 0 aliphatic heterocycles. The Kier molecular flexibility index (Phi) is 3.98. The number of hydrogen-bond acceptors (Lipinski definition) is 7. The fourth-order valence-electron chi connectivity index (χ4n) is 3.50. The van der Waals surface area contributed by atoms with Gasteiger partial charge in [0.1, 0.15) is 23.9 Å². The third kappa shape index (κ3) is 3.08. The first kappa shape index (κ1) is 17.3. The number of pyridine rings is 1. The maximum absolute atomic E-state index is 9.21. The Balaban J connectivity index is 1.61. The van der Waals surface area contributed by atoms with Crippen LogP contribution in [0.1, 0.15) is 36.9 Å². The molecule has 1 atom stereocenters. The Bertz CT molecular complexity index is 1240. The lowest BCUT2D eigenvalue weighted by molar-refractivity contribution is 0.556. The molecular formula is C20H19N9. The van der Waals surface area contributed by atoms with Gasteiger partial charge in [0, 0.05) is 36.3 Å². The zero-order chi connectivity index (χ0) is 20.0. The molecule has 4 aromatic rings. The fourth-order valence-corrected chi connectivity index (χ4v) is 3.50. The molecule has 0 aromatic carbocycles. The molecule has 4 aromatic heterocycles. The van der Waals surface area contributed by atoms with E-state index < -0.39 is 0 Å². The number of hydrogen-bond donors (Lipinski definition) is 1. The molecule has 9 heteroatoms.